The maximum Gasteiger partial charge on any atom is 0.329 e. The van der Waals surface area contributed by atoms with Crippen molar-refractivity contribution >= 4 is 12.0 Å². The Bertz CT molecular complexity index is 288. The van der Waals surface area contributed by atoms with Gasteiger partial charge in [0.15, 0.2) is 0 Å². The van der Waals surface area contributed by atoms with Crippen molar-refractivity contribution in [2.45, 2.75) is 12.5 Å². The Morgan fingerprint density at radius 2 is 2.07 bits per heavy atom. The highest BCUT2D eigenvalue weighted by Crippen LogP contribution is 2.17. The lowest BCUT2D eigenvalue weighted by Gasteiger charge is -2.16. The van der Waals surface area contributed by atoms with Crippen LogP contribution in [0, 0.1) is 5.92 Å². The summed E-state index contributed by atoms with van der Waals surface area (Å²) in [5.41, 5.74) is 2.52. The number of urea groups is 1. The van der Waals surface area contributed by atoms with Crippen LogP contribution >= 0.6 is 0 Å². The quantitative estimate of drug-likeness (QED) is 0.447. The van der Waals surface area contributed by atoms with Crippen LogP contribution in [0.2, 0.25) is 0 Å². The van der Waals surface area contributed by atoms with E-state index in [9.17, 15) is 9.59 Å². The number of amides is 2. The van der Waals surface area contributed by atoms with Crippen LogP contribution in [0.1, 0.15) is 6.42 Å². The number of carbonyl (C=O) groups excluding carboxylic acids is 1. The van der Waals surface area contributed by atoms with Crippen LogP contribution in [-0.4, -0.2) is 42.3 Å². The van der Waals surface area contributed by atoms with Gasteiger partial charge in [-0.25, -0.2) is 9.80 Å². The molecule has 0 bridgehead atoms. The van der Waals surface area contributed by atoms with Gasteiger partial charge < -0.3 is 10.4 Å². The molecular formula is C9H15N3O3. The second-order valence-corrected chi connectivity index (χ2v) is 3.65. The molecule has 0 aliphatic heterocycles. The van der Waals surface area contributed by atoms with Gasteiger partial charge in [0.25, 0.3) is 0 Å². The van der Waals surface area contributed by atoms with E-state index >= 15 is 0 Å². The molecule has 1 aliphatic carbocycles. The smallest absolute Gasteiger partial charge is 0.329 e. The maximum atomic E-state index is 11.2. The molecule has 84 valence electrons. The number of carbonyl (C=O) groups is 2. The normalized spacial score (nSPS) is 24.2. The molecule has 2 unspecified atom stereocenters. The lowest BCUT2D eigenvalue weighted by atomic mass is 10.1. The molecule has 3 N–H and O–H groups in total. The summed E-state index contributed by atoms with van der Waals surface area (Å²) >= 11 is 0. The Morgan fingerprint density at radius 1 is 1.40 bits per heavy atom. The van der Waals surface area contributed by atoms with Gasteiger partial charge in [-0.2, -0.15) is 0 Å². The molecule has 0 aromatic carbocycles. The Balaban J connectivity index is 2.34. The predicted octanol–water partition coefficient (Wildman–Crippen LogP) is -0.209. The summed E-state index contributed by atoms with van der Waals surface area (Å²) in [5.74, 6) is -1.35. The summed E-state index contributed by atoms with van der Waals surface area (Å²) < 4.78 is 0. The maximum absolute atomic E-state index is 11.2. The van der Waals surface area contributed by atoms with E-state index in [0.717, 1.165) is 0 Å². The number of carboxylic acids is 1. The van der Waals surface area contributed by atoms with Crippen LogP contribution in [-0.2, 0) is 4.79 Å². The number of hydrogen-bond acceptors (Lipinski definition) is 3. The van der Waals surface area contributed by atoms with Crippen molar-refractivity contribution in [2.75, 3.05) is 14.1 Å². The van der Waals surface area contributed by atoms with Crippen molar-refractivity contribution in [2.24, 2.45) is 5.92 Å². The van der Waals surface area contributed by atoms with E-state index in [0.29, 0.717) is 6.42 Å². The van der Waals surface area contributed by atoms with Crippen LogP contribution in [0.15, 0.2) is 12.2 Å². The molecule has 0 saturated carbocycles. The molecule has 0 heterocycles. The highest BCUT2D eigenvalue weighted by atomic mass is 16.4. The highest BCUT2D eigenvalue weighted by molar-refractivity contribution is 5.76. The zero-order chi connectivity index (χ0) is 11.4. The van der Waals surface area contributed by atoms with Crippen molar-refractivity contribution in [3.63, 3.8) is 0 Å². The van der Waals surface area contributed by atoms with Gasteiger partial charge in [-0.05, 0) is 6.42 Å². The Kier molecular flexibility index (Phi) is 3.68. The van der Waals surface area contributed by atoms with Crippen molar-refractivity contribution in [1.82, 2.24) is 15.8 Å². The number of rotatable bonds is 3. The van der Waals surface area contributed by atoms with Gasteiger partial charge >= 0.3 is 12.0 Å². The zero-order valence-corrected chi connectivity index (χ0v) is 8.73. The first kappa shape index (κ1) is 11.5. The zero-order valence-electron chi connectivity index (χ0n) is 8.73. The van der Waals surface area contributed by atoms with E-state index < -0.39 is 11.9 Å². The number of hydrazine groups is 1. The fourth-order valence-corrected chi connectivity index (χ4v) is 1.39. The van der Waals surface area contributed by atoms with Gasteiger partial charge in [-0.15, -0.1) is 0 Å². The van der Waals surface area contributed by atoms with E-state index in [1.165, 1.54) is 5.01 Å². The van der Waals surface area contributed by atoms with Crippen LogP contribution in [0.5, 0.6) is 0 Å². The second kappa shape index (κ2) is 4.79. The first-order valence-corrected chi connectivity index (χ1v) is 4.64. The highest BCUT2D eigenvalue weighted by Gasteiger charge is 2.25. The first-order chi connectivity index (χ1) is 6.99. The summed E-state index contributed by atoms with van der Waals surface area (Å²) in [5, 5.41) is 12.9. The third kappa shape index (κ3) is 3.59. The van der Waals surface area contributed by atoms with Crippen LogP contribution in [0.3, 0.4) is 0 Å². The number of nitrogens with zero attached hydrogens (tertiary/aromatic N) is 1. The SMILES string of the molecule is CN(C)NC(=O)NC1C=CC(C(=O)O)C1. The number of nitrogens with one attached hydrogen (secondary N) is 2. The molecule has 1 rings (SSSR count). The number of carboxylic acid groups (broad SMARTS) is 1. The lowest BCUT2D eigenvalue weighted by Crippen LogP contribution is -2.46. The Labute approximate surface area is 87.9 Å². The second-order valence-electron chi connectivity index (χ2n) is 3.65. The average Bonchev–Trinajstić information content (AvgIpc) is 2.50. The fourth-order valence-electron chi connectivity index (χ4n) is 1.39. The Hall–Kier alpha value is -1.56. The van der Waals surface area contributed by atoms with E-state index in [1.54, 1.807) is 26.2 Å². The molecule has 2 amide bonds. The topological polar surface area (TPSA) is 81.7 Å². The molecule has 0 aromatic rings. The minimum atomic E-state index is -0.858. The molecular weight excluding hydrogens is 198 g/mol. The molecule has 0 spiro atoms. The molecule has 0 radical (unpaired) electrons. The average molecular weight is 213 g/mol. The largest absolute Gasteiger partial charge is 0.481 e. The van der Waals surface area contributed by atoms with Gasteiger partial charge in [-0.1, -0.05) is 12.2 Å². The molecule has 15 heavy (non-hydrogen) atoms. The minimum absolute atomic E-state index is 0.203. The summed E-state index contributed by atoms with van der Waals surface area (Å²) in [6.07, 6.45) is 3.72. The van der Waals surface area contributed by atoms with Gasteiger partial charge in [0.2, 0.25) is 0 Å². The van der Waals surface area contributed by atoms with E-state index in [1.807, 2.05) is 0 Å². The molecule has 0 fully saturated rings. The molecule has 2 atom stereocenters. The number of aliphatic carboxylic acids is 1. The van der Waals surface area contributed by atoms with Crippen molar-refractivity contribution < 1.29 is 14.7 Å². The Morgan fingerprint density at radius 3 is 2.53 bits per heavy atom. The number of hydrogen-bond donors (Lipinski definition) is 3. The lowest BCUT2D eigenvalue weighted by molar-refractivity contribution is -0.140. The molecule has 0 saturated heterocycles. The third-order valence-electron chi connectivity index (χ3n) is 2.04. The van der Waals surface area contributed by atoms with Crippen molar-refractivity contribution in [3.8, 4) is 0 Å². The van der Waals surface area contributed by atoms with Crippen LogP contribution in [0.25, 0.3) is 0 Å². The summed E-state index contributed by atoms with van der Waals surface area (Å²) in [4.78, 5) is 21.9. The van der Waals surface area contributed by atoms with E-state index in [4.69, 9.17) is 5.11 Å². The third-order valence-corrected chi connectivity index (χ3v) is 2.04. The minimum Gasteiger partial charge on any atom is -0.481 e. The fraction of sp³-hybridized carbons (Fsp3) is 0.556. The van der Waals surface area contributed by atoms with Crippen molar-refractivity contribution in [1.29, 1.82) is 0 Å². The van der Waals surface area contributed by atoms with Crippen LogP contribution < -0.4 is 10.7 Å². The van der Waals surface area contributed by atoms with Gasteiger partial charge in [-0.3, -0.25) is 10.2 Å². The van der Waals surface area contributed by atoms with Gasteiger partial charge in [0, 0.05) is 14.1 Å². The standard InChI is InChI=1S/C9H15N3O3/c1-12(2)11-9(15)10-7-4-3-6(5-7)8(13)14/h3-4,6-7H,5H2,1-2H3,(H,13,14)(H2,10,11,15). The first-order valence-electron chi connectivity index (χ1n) is 4.64. The van der Waals surface area contributed by atoms with E-state index in [2.05, 4.69) is 10.7 Å². The molecule has 6 nitrogen and oxygen atoms in total. The molecule has 6 heteroatoms. The predicted molar refractivity (Wildman–Crippen MR) is 54.0 cm³/mol. The van der Waals surface area contributed by atoms with Crippen LogP contribution in [0.4, 0.5) is 4.79 Å². The summed E-state index contributed by atoms with van der Waals surface area (Å²) in [7, 11) is 3.40. The summed E-state index contributed by atoms with van der Waals surface area (Å²) in [6, 6.07) is -0.535. The van der Waals surface area contributed by atoms with Crippen molar-refractivity contribution in [3.05, 3.63) is 12.2 Å². The monoisotopic (exact) mass is 213 g/mol. The van der Waals surface area contributed by atoms with Gasteiger partial charge in [0.1, 0.15) is 0 Å². The summed E-state index contributed by atoms with van der Waals surface area (Å²) in [6.45, 7) is 0. The molecule has 1 aliphatic rings. The van der Waals surface area contributed by atoms with E-state index in [-0.39, 0.29) is 12.1 Å². The van der Waals surface area contributed by atoms with Gasteiger partial charge in [0.05, 0.1) is 12.0 Å². The molecule has 0 aromatic heterocycles.